The Hall–Kier alpha value is -2.38. The molecule has 0 heterocycles. The van der Waals surface area contributed by atoms with Crippen molar-refractivity contribution in [1.29, 1.82) is 0 Å². The van der Waals surface area contributed by atoms with E-state index in [0.717, 1.165) is 12.1 Å². The maximum Gasteiger partial charge on any atom is 0.416 e. The third-order valence-electron chi connectivity index (χ3n) is 4.13. The van der Waals surface area contributed by atoms with E-state index in [9.17, 15) is 22.9 Å². The lowest BCUT2D eigenvalue weighted by Crippen LogP contribution is -2.24. The van der Waals surface area contributed by atoms with Crippen LogP contribution in [0.4, 0.5) is 13.2 Å². The molecule has 0 N–H and O–H groups in total. The number of rotatable bonds is 5. The fourth-order valence-electron chi connectivity index (χ4n) is 2.84. The van der Waals surface area contributed by atoms with Crippen LogP contribution in [0.2, 0.25) is 10.0 Å². The Kier molecular flexibility index (Phi) is 7.55. The largest absolute Gasteiger partial charge is 0.456 e. The molecule has 9 heteroatoms. The van der Waals surface area contributed by atoms with Crippen LogP contribution >= 0.6 is 23.2 Å². The van der Waals surface area contributed by atoms with Gasteiger partial charge in [-0.2, -0.15) is 13.2 Å². The van der Waals surface area contributed by atoms with Crippen LogP contribution in [0, 0.1) is 11.8 Å². The monoisotopic (exact) mass is 473 g/mol. The maximum absolute atomic E-state index is 13.7. The Morgan fingerprint density at radius 3 is 2.10 bits per heavy atom. The lowest BCUT2D eigenvalue weighted by Gasteiger charge is -2.20. The number of nitroso groups, excluding NO2 is 1. The third kappa shape index (κ3) is 6.80. The van der Waals surface area contributed by atoms with Crippen LogP contribution in [0.15, 0.2) is 47.7 Å². The molecule has 2 rings (SSSR count). The van der Waals surface area contributed by atoms with E-state index in [0.29, 0.717) is 11.6 Å². The van der Waals surface area contributed by atoms with Crippen molar-refractivity contribution < 1.29 is 22.7 Å². The Balaban J connectivity index is 2.49. The number of halogens is 5. The molecule has 2 aromatic carbocycles. The molecule has 0 spiro atoms. The van der Waals surface area contributed by atoms with Gasteiger partial charge in [0.2, 0.25) is 0 Å². The lowest BCUT2D eigenvalue weighted by molar-refractivity contribution is -0.0691. The summed E-state index contributed by atoms with van der Waals surface area (Å²) in [5.74, 6) is -0.577. The van der Waals surface area contributed by atoms with Gasteiger partial charge in [0.05, 0.1) is 11.1 Å². The van der Waals surface area contributed by atoms with Gasteiger partial charge in [-0.05, 0) is 74.7 Å². The Morgan fingerprint density at radius 1 is 1.06 bits per heavy atom. The molecule has 0 saturated heterocycles. The molecule has 0 radical (unpaired) electrons. The number of hydrogen-bond acceptors (Lipinski definition) is 4. The van der Waals surface area contributed by atoms with Gasteiger partial charge in [-0.25, -0.2) is 4.79 Å². The van der Waals surface area contributed by atoms with E-state index in [-0.39, 0.29) is 26.7 Å². The van der Waals surface area contributed by atoms with Crippen molar-refractivity contribution in [2.45, 2.75) is 45.5 Å². The van der Waals surface area contributed by atoms with Gasteiger partial charge in [0.25, 0.3) is 0 Å². The Labute approximate surface area is 188 Å². The van der Waals surface area contributed by atoms with Crippen LogP contribution in [-0.4, -0.2) is 17.7 Å². The molecular formula is C22H20Cl2F3NO3. The molecule has 0 aliphatic carbocycles. The minimum absolute atomic E-state index is 0.0193. The highest BCUT2D eigenvalue weighted by atomic mass is 35.5. The number of esters is 1. The molecule has 1 unspecified atom stereocenters. The van der Waals surface area contributed by atoms with Gasteiger partial charge in [-0.1, -0.05) is 40.5 Å². The van der Waals surface area contributed by atoms with E-state index in [1.54, 1.807) is 27.7 Å². The maximum atomic E-state index is 13.7. The topological polar surface area (TPSA) is 55.7 Å². The number of hydrogen-bond donors (Lipinski definition) is 0. The van der Waals surface area contributed by atoms with E-state index < -0.39 is 29.4 Å². The van der Waals surface area contributed by atoms with Gasteiger partial charge in [-0.15, -0.1) is 4.91 Å². The zero-order valence-corrected chi connectivity index (χ0v) is 18.7. The summed E-state index contributed by atoms with van der Waals surface area (Å²) in [6, 6.07) is 6.25. The highest BCUT2D eigenvalue weighted by Crippen LogP contribution is 2.39. The number of carbonyl (C=O) groups is 1. The predicted octanol–water partition coefficient (Wildman–Crippen LogP) is 7.71. The number of benzene rings is 2. The van der Waals surface area contributed by atoms with Gasteiger partial charge in [0, 0.05) is 10.0 Å². The van der Waals surface area contributed by atoms with Crippen molar-refractivity contribution in [3.8, 4) is 0 Å². The fourth-order valence-corrected chi connectivity index (χ4v) is 3.37. The molecule has 0 aromatic heterocycles. The summed E-state index contributed by atoms with van der Waals surface area (Å²) >= 11 is 11.7. The van der Waals surface area contributed by atoms with Crippen LogP contribution < -0.4 is 0 Å². The quantitative estimate of drug-likeness (QED) is 0.330. The van der Waals surface area contributed by atoms with Crippen LogP contribution in [-0.2, 0) is 4.74 Å². The Morgan fingerprint density at radius 2 is 1.65 bits per heavy atom. The molecule has 0 fully saturated rings. The second-order valence-corrected chi connectivity index (χ2v) is 8.74. The first-order valence-electron chi connectivity index (χ1n) is 9.13. The summed E-state index contributed by atoms with van der Waals surface area (Å²) in [6.45, 7) is 6.74. The third-order valence-corrected chi connectivity index (χ3v) is 4.56. The van der Waals surface area contributed by atoms with Crippen molar-refractivity contribution in [2.75, 3.05) is 0 Å². The van der Waals surface area contributed by atoms with Gasteiger partial charge in [0.1, 0.15) is 11.6 Å². The van der Waals surface area contributed by atoms with Crippen molar-refractivity contribution in [2.24, 2.45) is 5.18 Å². The summed E-state index contributed by atoms with van der Waals surface area (Å²) in [7, 11) is 0. The average molecular weight is 474 g/mol. The van der Waals surface area contributed by atoms with Crippen LogP contribution in [0.3, 0.4) is 0 Å². The minimum Gasteiger partial charge on any atom is -0.456 e. The Bertz CT molecular complexity index is 1010. The molecule has 0 amide bonds. The molecule has 4 nitrogen and oxygen atoms in total. The summed E-state index contributed by atoms with van der Waals surface area (Å²) in [6.07, 6.45) is -4.08. The summed E-state index contributed by atoms with van der Waals surface area (Å²) in [5, 5.41) is 2.89. The predicted molar refractivity (Wildman–Crippen MR) is 115 cm³/mol. The molecule has 2 aromatic rings. The molecule has 166 valence electrons. The summed E-state index contributed by atoms with van der Waals surface area (Å²) in [4.78, 5) is 23.7. The first kappa shape index (κ1) is 24.9. The highest BCUT2D eigenvalue weighted by molar-refractivity contribution is 6.34. The standard InChI is InChI=1S/C22H20Cl2F3NO3/c1-12-7-13(5-6-17(12)20(29)31-21(2,3)4)19(28-30)11-18(22(25,26)27)14-8-15(23)10-16(24)9-14/h5-11,19H,1-4H3/b18-11-. The number of aryl methyl sites for hydroxylation is 1. The number of nitrogens with zero attached hydrogens (tertiary/aromatic N) is 1. The second-order valence-electron chi connectivity index (χ2n) is 7.86. The smallest absolute Gasteiger partial charge is 0.416 e. The normalized spacial score (nSPS) is 13.6. The van der Waals surface area contributed by atoms with Gasteiger partial charge >= 0.3 is 12.1 Å². The zero-order chi connectivity index (χ0) is 23.6. The molecular weight excluding hydrogens is 454 g/mol. The van der Waals surface area contributed by atoms with Gasteiger partial charge in [0.15, 0.2) is 0 Å². The zero-order valence-electron chi connectivity index (χ0n) is 17.2. The summed E-state index contributed by atoms with van der Waals surface area (Å²) in [5.41, 5.74) is -1.23. The highest BCUT2D eigenvalue weighted by Gasteiger charge is 2.36. The van der Waals surface area contributed by atoms with Crippen LogP contribution in [0.25, 0.3) is 5.57 Å². The van der Waals surface area contributed by atoms with E-state index in [1.807, 2.05) is 0 Å². The first-order chi connectivity index (χ1) is 14.2. The number of carbonyl (C=O) groups excluding carboxylic acids is 1. The van der Waals surface area contributed by atoms with Crippen molar-refractivity contribution >= 4 is 34.7 Å². The van der Waals surface area contributed by atoms with E-state index in [1.165, 1.54) is 24.3 Å². The molecule has 1 atom stereocenters. The van der Waals surface area contributed by atoms with E-state index >= 15 is 0 Å². The number of ether oxygens (including phenoxy) is 1. The number of allylic oxidation sites excluding steroid dienone is 1. The van der Waals surface area contributed by atoms with Crippen molar-refractivity contribution in [1.82, 2.24) is 0 Å². The average Bonchev–Trinajstić information content (AvgIpc) is 2.58. The van der Waals surface area contributed by atoms with E-state index in [2.05, 4.69) is 5.18 Å². The molecule has 0 aliphatic rings. The van der Waals surface area contributed by atoms with Crippen LogP contribution in [0.1, 0.15) is 53.9 Å². The molecule has 0 saturated carbocycles. The fraction of sp³-hybridized carbons (Fsp3) is 0.318. The first-order valence-corrected chi connectivity index (χ1v) is 9.88. The van der Waals surface area contributed by atoms with E-state index in [4.69, 9.17) is 27.9 Å². The molecule has 31 heavy (non-hydrogen) atoms. The summed E-state index contributed by atoms with van der Waals surface area (Å²) < 4.78 is 46.5. The molecule has 0 bridgehead atoms. The minimum atomic E-state index is -4.79. The second kappa shape index (κ2) is 9.40. The molecule has 0 aliphatic heterocycles. The van der Waals surface area contributed by atoms with Crippen molar-refractivity contribution in [3.05, 3.63) is 79.7 Å². The SMILES string of the molecule is Cc1cc(C(/C=C(/c2cc(Cl)cc(Cl)c2)C(F)(F)F)N=O)ccc1C(=O)OC(C)(C)C. The van der Waals surface area contributed by atoms with Crippen LogP contribution in [0.5, 0.6) is 0 Å². The lowest BCUT2D eigenvalue weighted by atomic mass is 9.96. The van der Waals surface area contributed by atoms with Gasteiger partial charge < -0.3 is 4.74 Å². The number of alkyl halides is 3. The van der Waals surface area contributed by atoms with Gasteiger partial charge in [-0.3, -0.25) is 0 Å². The van der Waals surface area contributed by atoms with Crippen molar-refractivity contribution in [3.63, 3.8) is 0 Å².